The van der Waals surface area contributed by atoms with Crippen LogP contribution < -0.4 is 24.8 Å². The van der Waals surface area contributed by atoms with Crippen LogP contribution in [-0.2, 0) is 51.7 Å². The van der Waals surface area contributed by atoms with E-state index in [1.807, 2.05) is 60.7 Å². The first-order chi connectivity index (χ1) is 18.0. The van der Waals surface area contributed by atoms with Crippen molar-refractivity contribution in [1.29, 1.82) is 0 Å². The van der Waals surface area contributed by atoms with Gasteiger partial charge in [-0.2, -0.15) is 12.2 Å². The predicted molar refractivity (Wildman–Crippen MR) is 176 cm³/mol. The van der Waals surface area contributed by atoms with Crippen molar-refractivity contribution in [3.63, 3.8) is 0 Å². The molecule has 232 valence electrons. The molecule has 0 atom stereocenters. The summed E-state index contributed by atoms with van der Waals surface area (Å²) in [6, 6.07) is 15.4. The van der Waals surface area contributed by atoms with Crippen LogP contribution in [0.5, 0.6) is 0 Å². The van der Waals surface area contributed by atoms with Gasteiger partial charge in [0, 0.05) is 70.7 Å². The molecule has 0 saturated carbocycles. The molecule has 2 aromatic carbocycles. The van der Waals surface area contributed by atoms with Crippen LogP contribution in [0.1, 0.15) is 77.3 Å². The van der Waals surface area contributed by atoms with Crippen LogP contribution in [-0.4, -0.2) is 19.0 Å². The standard InChI is InChI=1S/2C9H12N.2C6H7.2C2H6Si.2ClH.2Hf/c2*1-7(2)8-5-3-4-6-9(8)10;2*1-6-4-2-3-5-6;2*1-3-2;;;;/h2*3-7,10H,1-2H3;2*4-5H,2H2,1H3;2*1-2H3;2*1H;;/q4*-1;;;;;;/p-2. The largest absolute Gasteiger partial charge is 1.00 e. The van der Waals surface area contributed by atoms with E-state index in [0.717, 1.165) is 43.0 Å². The molecule has 0 saturated heterocycles. The summed E-state index contributed by atoms with van der Waals surface area (Å²) in [5, 5.41) is 0. The zero-order chi connectivity index (χ0) is 29.3. The van der Waals surface area contributed by atoms with Gasteiger partial charge in [-0.1, -0.05) is 114 Å². The molecule has 2 nitrogen and oxygen atoms in total. The average Bonchev–Trinajstić information content (AvgIpc) is 3.55. The number of halogens is 2. The van der Waals surface area contributed by atoms with Gasteiger partial charge >= 0.3 is 0 Å². The van der Waals surface area contributed by atoms with Crippen LogP contribution in [0.25, 0.3) is 11.5 Å². The minimum absolute atomic E-state index is 0. The van der Waals surface area contributed by atoms with Crippen molar-refractivity contribution in [2.24, 2.45) is 0 Å². The minimum Gasteiger partial charge on any atom is -1.00 e. The molecular formula is C34H50Cl2Hf2N2Si2-6. The van der Waals surface area contributed by atoms with Gasteiger partial charge in [-0.05, 0) is 11.8 Å². The Morgan fingerprint density at radius 3 is 0.976 bits per heavy atom. The zero-order valence-corrected chi connectivity index (χ0v) is 38.0. The molecule has 0 heterocycles. The van der Waals surface area contributed by atoms with Gasteiger partial charge in [-0.15, -0.1) is 38.1 Å². The van der Waals surface area contributed by atoms with Crippen LogP contribution in [0.2, 0.25) is 26.2 Å². The molecule has 2 aliphatic rings. The summed E-state index contributed by atoms with van der Waals surface area (Å²) in [5.74, 6) is 0.933. The van der Waals surface area contributed by atoms with Crippen molar-refractivity contribution >= 4 is 30.4 Å². The van der Waals surface area contributed by atoms with Crippen LogP contribution in [0.4, 0.5) is 11.4 Å². The minimum atomic E-state index is 0. The number of nitrogens with one attached hydrogen (secondary N) is 2. The van der Waals surface area contributed by atoms with Crippen molar-refractivity contribution < 1.29 is 76.5 Å². The third kappa shape index (κ3) is 31.2. The van der Waals surface area contributed by atoms with Gasteiger partial charge in [0.15, 0.2) is 0 Å². The van der Waals surface area contributed by atoms with Crippen molar-refractivity contribution in [2.45, 2.75) is 92.4 Å². The molecule has 0 bridgehead atoms. The number of rotatable bonds is 2. The molecular weight excluding hydrogens is 920 g/mol. The normalized spacial score (nSPS) is 11.0. The van der Waals surface area contributed by atoms with E-state index in [1.165, 1.54) is 11.1 Å². The molecule has 0 aliphatic heterocycles. The Morgan fingerprint density at radius 1 is 0.595 bits per heavy atom. The Kier molecular flexibility index (Phi) is 47.7. The first-order valence-corrected chi connectivity index (χ1v) is 17.3. The van der Waals surface area contributed by atoms with Crippen LogP contribution in [0.15, 0.2) is 84.0 Å². The summed E-state index contributed by atoms with van der Waals surface area (Å²) in [6.45, 7) is 21.2. The molecule has 0 unspecified atom stereocenters. The SMILES string of the molecule is CC(C)c1ccccc1[NH-].CC(C)c1ccccc1[NH-].CC1=CC[C-]=C1.CC1=CC[C-]=C1.C[Si]C.C[Si]C.[Cl-].[Cl-].[Hf].[Hf]. The van der Waals surface area contributed by atoms with E-state index >= 15 is 0 Å². The van der Waals surface area contributed by atoms with Crippen molar-refractivity contribution in [2.75, 3.05) is 0 Å². The van der Waals surface area contributed by atoms with Gasteiger partial charge in [-0.3, -0.25) is 12.2 Å². The van der Waals surface area contributed by atoms with Crippen LogP contribution in [0, 0.1) is 12.2 Å². The Morgan fingerprint density at radius 2 is 0.857 bits per heavy atom. The first-order valence-electron chi connectivity index (χ1n) is 13.3. The van der Waals surface area contributed by atoms with E-state index in [-0.39, 0.29) is 76.5 Å². The number of hydrogen-bond donors (Lipinski definition) is 0. The number of benzene rings is 2. The van der Waals surface area contributed by atoms with E-state index in [4.69, 9.17) is 11.5 Å². The molecule has 4 rings (SSSR count). The van der Waals surface area contributed by atoms with E-state index in [1.54, 1.807) is 0 Å². The Balaban J connectivity index is -0.0000000955. The van der Waals surface area contributed by atoms with Gasteiger partial charge < -0.3 is 36.3 Å². The maximum absolute atomic E-state index is 7.50. The molecule has 0 amide bonds. The summed E-state index contributed by atoms with van der Waals surface area (Å²) < 4.78 is 0. The zero-order valence-electron chi connectivity index (χ0n) is 27.3. The average molecular weight is 971 g/mol. The Labute approximate surface area is 315 Å². The fraction of sp³-hybridized carbons (Fsp3) is 0.412. The second-order valence-corrected chi connectivity index (χ2v) is 11.5. The van der Waals surface area contributed by atoms with Crippen molar-refractivity contribution in [3.05, 3.63) is 119 Å². The van der Waals surface area contributed by atoms with Gasteiger partial charge in [-0.25, -0.2) is 23.3 Å². The first kappa shape index (κ1) is 54.2. The smallest absolute Gasteiger partial charge is 0.0307 e. The number of hydrogen-bond acceptors (Lipinski definition) is 0. The number of allylic oxidation sites excluding steroid dienone is 8. The summed E-state index contributed by atoms with van der Waals surface area (Å²) in [5.41, 5.74) is 21.2. The van der Waals surface area contributed by atoms with Gasteiger partial charge in [0.05, 0.1) is 0 Å². The maximum Gasteiger partial charge on any atom is 0.0307 e. The van der Waals surface area contributed by atoms with Crippen molar-refractivity contribution in [1.82, 2.24) is 0 Å². The summed E-state index contributed by atoms with van der Waals surface area (Å²) in [7, 11) is 2.17. The Hall–Kier alpha value is -0.246. The molecule has 2 aromatic rings. The predicted octanol–water partition coefficient (Wildman–Crippen LogP) is 5.96. The summed E-state index contributed by atoms with van der Waals surface area (Å²) in [4.78, 5) is 0. The monoisotopic (exact) mass is 972 g/mol. The van der Waals surface area contributed by atoms with E-state index in [0.29, 0.717) is 23.2 Å². The fourth-order valence-electron chi connectivity index (χ4n) is 3.00. The third-order valence-electron chi connectivity index (χ3n) is 4.91. The molecule has 0 spiro atoms. The van der Waals surface area contributed by atoms with Gasteiger partial charge in [0.1, 0.15) is 0 Å². The third-order valence-corrected chi connectivity index (χ3v) is 4.91. The quantitative estimate of drug-likeness (QED) is 0.264. The molecule has 2 aliphatic carbocycles. The van der Waals surface area contributed by atoms with E-state index < -0.39 is 0 Å². The molecule has 0 fully saturated rings. The van der Waals surface area contributed by atoms with Gasteiger partial charge in [0.25, 0.3) is 0 Å². The molecule has 42 heavy (non-hydrogen) atoms. The molecule has 8 heteroatoms. The van der Waals surface area contributed by atoms with Crippen LogP contribution >= 0.6 is 0 Å². The second kappa shape index (κ2) is 36.9. The molecule has 2 N–H and O–H groups in total. The Bertz CT molecular complexity index is 908. The van der Waals surface area contributed by atoms with Gasteiger partial charge in [0.2, 0.25) is 0 Å². The summed E-state index contributed by atoms with van der Waals surface area (Å²) >= 11 is 0. The summed E-state index contributed by atoms with van der Waals surface area (Å²) in [6.07, 6.45) is 16.5. The maximum atomic E-state index is 7.50. The van der Waals surface area contributed by atoms with Crippen LogP contribution in [0.3, 0.4) is 0 Å². The molecule has 4 radical (unpaired) electrons. The fourth-order valence-corrected chi connectivity index (χ4v) is 3.00. The topological polar surface area (TPSA) is 47.6 Å². The van der Waals surface area contributed by atoms with E-state index in [2.05, 4.69) is 92.0 Å². The van der Waals surface area contributed by atoms with E-state index in [9.17, 15) is 0 Å². The molecule has 0 aromatic heterocycles. The second-order valence-electron chi connectivity index (χ2n) is 9.49. The van der Waals surface area contributed by atoms with Crippen molar-refractivity contribution in [3.8, 4) is 0 Å².